The van der Waals surface area contributed by atoms with E-state index in [0.717, 1.165) is 24.2 Å². The van der Waals surface area contributed by atoms with Gasteiger partial charge < -0.3 is 10.2 Å². The van der Waals surface area contributed by atoms with Crippen LogP contribution in [0.1, 0.15) is 54.6 Å². The molecule has 1 aromatic carbocycles. The third kappa shape index (κ3) is 3.85. The standard InChI is InChI=1S/C18H28N2O/c1-13(2)20(12-16-9-5-6-11-19-16)18(21)17-10-7-8-14(3)15(17)4/h7-8,10,13,16,19H,5-6,9,11-12H2,1-4H3. The zero-order valence-corrected chi connectivity index (χ0v) is 13.8. The van der Waals surface area contributed by atoms with E-state index in [4.69, 9.17) is 0 Å². The van der Waals surface area contributed by atoms with Crippen molar-refractivity contribution in [1.82, 2.24) is 10.2 Å². The van der Waals surface area contributed by atoms with Gasteiger partial charge >= 0.3 is 0 Å². The average molecular weight is 288 g/mol. The van der Waals surface area contributed by atoms with Gasteiger partial charge in [-0.3, -0.25) is 4.79 Å². The Morgan fingerprint density at radius 1 is 1.33 bits per heavy atom. The highest BCUT2D eigenvalue weighted by Gasteiger charge is 2.24. The van der Waals surface area contributed by atoms with Crippen LogP contribution in [0.2, 0.25) is 0 Å². The summed E-state index contributed by atoms with van der Waals surface area (Å²) in [5, 5.41) is 3.54. The first-order chi connectivity index (χ1) is 10.0. The normalized spacial score (nSPS) is 18.8. The molecule has 0 bridgehead atoms. The first-order valence-electron chi connectivity index (χ1n) is 8.11. The molecule has 1 aromatic rings. The van der Waals surface area contributed by atoms with Crippen molar-refractivity contribution < 1.29 is 4.79 Å². The number of rotatable bonds is 4. The maximum absolute atomic E-state index is 12.9. The summed E-state index contributed by atoms with van der Waals surface area (Å²) in [5.41, 5.74) is 3.13. The van der Waals surface area contributed by atoms with Gasteiger partial charge in [0.15, 0.2) is 0 Å². The first-order valence-corrected chi connectivity index (χ1v) is 8.11. The maximum Gasteiger partial charge on any atom is 0.254 e. The van der Waals surface area contributed by atoms with Gasteiger partial charge in [0.25, 0.3) is 5.91 Å². The minimum Gasteiger partial charge on any atom is -0.335 e. The van der Waals surface area contributed by atoms with E-state index < -0.39 is 0 Å². The molecule has 0 radical (unpaired) electrons. The summed E-state index contributed by atoms with van der Waals surface area (Å²) in [5.74, 6) is 0.165. The molecule has 1 atom stereocenters. The SMILES string of the molecule is Cc1cccc(C(=O)N(CC2CCCCN2)C(C)C)c1C. The molecular formula is C18H28N2O. The lowest BCUT2D eigenvalue weighted by atomic mass is 10.00. The van der Waals surface area contributed by atoms with Gasteiger partial charge in [-0.1, -0.05) is 18.6 Å². The Hall–Kier alpha value is -1.35. The van der Waals surface area contributed by atoms with Crippen molar-refractivity contribution in [2.24, 2.45) is 0 Å². The minimum atomic E-state index is 0.165. The molecule has 1 aliphatic heterocycles. The lowest BCUT2D eigenvalue weighted by Crippen LogP contribution is -2.48. The molecule has 1 amide bonds. The van der Waals surface area contributed by atoms with E-state index in [2.05, 4.69) is 32.2 Å². The van der Waals surface area contributed by atoms with Crippen LogP contribution in [0.3, 0.4) is 0 Å². The van der Waals surface area contributed by atoms with Crippen molar-refractivity contribution in [2.75, 3.05) is 13.1 Å². The highest BCUT2D eigenvalue weighted by Crippen LogP contribution is 2.18. The van der Waals surface area contributed by atoms with E-state index in [1.807, 2.05) is 24.0 Å². The second kappa shape index (κ2) is 7.08. The predicted molar refractivity (Wildman–Crippen MR) is 87.7 cm³/mol. The Bertz CT molecular complexity index is 490. The molecule has 1 saturated heterocycles. The molecule has 0 aromatic heterocycles. The second-order valence-electron chi connectivity index (χ2n) is 6.45. The van der Waals surface area contributed by atoms with Crippen LogP contribution in [0, 0.1) is 13.8 Å². The number of nitrogens with one attached hydrogen (secondary N) is 1. The molecular weight excluding hydrogens is 260 g/mol. The summed E-state index contributed by atoms with van der Waals surface area (Å²) in [6, 6.07) is 6.66. The number of nitrogens with zero attached hydrogens (tertiary/aromatic N) is 1. The highest BCUT2D eigenvalue weighted by atomic mass is 16.2. The van der Waals surface area contributed by atoms with Crippen molar-refractivity contribution in [3.8, 4) is 0 Å². The number of carbonyl (C=O) groups excluding carboxylic acids is 1. The number of hydrogen-bond donors (Lipinski definition) is 1. The van der Waals surface area contributed by atoms with E-state index in [1.165, 1.54) is 24.8 Å². The number of carbonyl (C=O) groups is 1. The quantitative estimate of drug-likeness (QED) is 0.922. The van der Waals surface area contributed by atoms with Gasteiger partial charge in [-0.25, -0.2) is 0 Å². The molecule has 1 aliphatic rings. The van der Waals surface area contributed by atoms with E-state index >= 15 is 0 Å². The smallest absolute Gasteiger partial charge is 0.254 e. The van der Waals surface area contributed by atoms with Crippen LogP contribution in [0.4, 0.5) is 0 Å². The molecule has 1 heterocycles. The zero-order valence-electron chi connectivity index (χ0n) is 13.8. The Kier molecular flexibility index (Phi) is 5.40. The molecule has 1 unspecified atom stereocenters. The fraction of sp³-hybridized carbons (Fsp3) is 0.611. The van der Waals surface area contributed by atoms with Gasteiger partial charge in [0.05, 0.1) is 0 Å². The number of piperidine rings is 1. The second-order valence-corrected chi connectivity index (χ2v) is 6.45. The van der Waals surface area contributed by atoms with Crippen LogP contribution in [-0.4, -0.2) is 36.0 Å². The van der Waals surface area contributed by atoms with Gasteiger partial charge in [-0.05, 0) is 64.3 Å². The van der Waals surface area contributed by atoms with Crippen LogP contribution >= 0.6 is 0 Å². The van der Waals surface area contributed by atoms with Crippen molar-refractivity contribution >= 4 is 5.91 Å². The third-order valence-electron chi connectivity index (χ3n) is 4.55. The van der Waals surface area contributed by atoms with Crippen LogP contribution in [0.15, 0.2) is 18.2 Å². The summed E-state index contributed by atoms with van der Waals surface area (Å²) in [6.45, 7) is 10.2. The Morgan fingerprint density at radius 2 is 2.10 bits per heavy atom. The Morgan fingerprint density at radius 3 is 2.71 bits per heavy atom. The van der Waals surface area contributed by atoms with Gasteiger partial charge in [0, 0.05) is 24.2 Å². The molecule has 3 nitrogen and oxygen atoms in total. The topological polar surface area (TPSA) is 32.3 Å². The van der Waals surface area contributed by atoms with E-state index in [9.17, 15) is 4.79 Å². The third-order valence-corrected chi connectivity index (χ3v) is 4.55. The van der Waals surface area contributed by atoms with E-state index in [-0.39, 0.29) is 11.9 Å². The molecule has 116 valence electrons. The molecule has 0 spiro atoms. The lowest BCUT2D eigenvalue weighted by Gasteiger charge is -2.33. The molecule has 0 saturated carbocycles. The summed E-state index contributed by atoms with van der Waals surface area (Å²) in [4.78, 5) is 14.9. The fourth-order valence-corrected chi connectivity index (χ4v) is 2.98. The van der Waals surface area contributed by atoms with Crippen LogP contribution in [0.5, 0.6) is 0 Å². The van der Waals surface area contributed by atoms with Crippen molar-refractivity contribution in [2.45, 2.75) is 59.0 Å². The van der Waals surface area contributed by atoms with Crippen LogP contribution < -0.4 is 5.32 Å². The van der Waals surface area contributed by atoms with Crippen LogP contribution in [-0.2, 0) is 0 Å². The van der Waals surface area contributed by atoms with Gasteiger partial charge in [-0.2, -0.15) is 0 Å². The number of amides is 1. The summed E-state index contributed by atoms with van der Waals surface area (Å²) in [6.07, 6.45) is 3.69. The monoisotopic (exact) mass is 288 g/mol. The maximum atomic E-state index is 12.9. The van der Waals surface area contributed by atoms with Gasteiger partial charge in [-0.15, -0.1) is 0 Å². The number of benzene rings is 1. The van der Waals surface area contributed by atoms with Gasteiger partial charge in [0.1, 0.15) is 0 Å². The summed E-state index contributed by atoms with van der Waals surface area (Å²) in [7, 11) is 0. The first kappa shape index (κ1) is 16.0. The molecule has 21 heavy (non-hydrogen) atoms. The molecule has 1 fully saturated rings. The molecule has 0 aliphatic carbocycles. The largest absolute Gasteiger partial charge is 0.335 e. The van der Waals surface area contributed by atoms with Crippen molar-refractivity contribution in [3.05, 3.63) is 34.9 Å². The lowest BCUT2D eigenvalue weighted by molar-refractivity contribution is 0.0676. The highest BCUT2D eigenvalue weighted by molar-refractivity contribution is 5.96. The summed E-state index contributed by atoms with van der Waals surface area (Å²) >= 11 is 0. The molecule has 3 heteroatoms. The average Bonchev–Trinajstić information content (AvgIpc) is 2.48. The Labute approximate surface area is 128 Å². The molecule has 2 rings (SSSR count). The van der Waals surface area contributed by atoms with Crippen molar-refractivity contribution in [1.29, 1.82) is 0 Å². The Balaban J connectivity index is 2.17. The predicted octanol–water partition coefficient (Wildman–Crippen LogP) is 3.30. The van der Waals surface area contributed by atoms with Gasteiger partial charge in [0.2, 0.25) is 0 Å². The zero-order chi connectivity index (χ0) is 15.4. The van der Waals surface area contributed by atoms with E-state index in [0.29, 0.717) is 6.04 Å². The van der Waals surface area contributed by atoms with E-state index in [1.54, 1.807) is 0 Å². The van der Waals surface area contributed by atoms with Crippen LogP contribution in [0.25, 0.3) is 0 Å². The fourth-order valence-electron chi connectivity index (χ4n) is 2.98. The number of aryl methyl sites for hydroxylation is 1. The number of hydrogen-bond acceptors (Lipinski definition) is 2. The summed E-state index contributed by atoms with van der Waals surface area (Å²) < 4.78 is 0. The van der Waals surface area contributed by atoms with Crippen molar-refractivity contribution in [3.63, 3.8) is 0 Å². The minimum absolute atomic E-state index is 0.165. The molecule has 1 N–H and O–H groups in total.